The Bertz CT molecular complexity index is 735. The molecular weight excluding hydrogens is 352 g/mol. The van der Waals surface area contributed by atoms with E-state index in [0.29, 0.717) is 11.8 Å². The van der Waals surface area contributed by atoms with Crippen molar-refractivity contribution in [2.75, 3.05) is 26.7 Å². The second-order valence-electron chi connectivity index (χ2n) is 9.93. The molecule has 0 amide bonds. The number of hydrogen-bond acceptors (Lipinski definition) is 5. The number of esters is 1. The molecule has 2 saturated heterocycles. The predicted octanol–water partition coefficient (Wildman–Crippen LogP) is 3.08. The Morgan fingerprint density at radius 3 is 2.93 bits per heavy atom. The summed E-state index contributed by atoms with van der Waals surface area (Å²) in [6.45, 7) is 5.03. The molecule has 0 aromatic carbocycles. The fourth-order valence-corrected chi connectivity index (χ4v) is 6.44. The minimum Gasteiger partial charge on any atom is -0.462 e. The van der Waals surface area contributed by atoms with Gasteiger partial charge in [-0.25, -0.2) is 0 Å². The van der Waals surface area contributed by atoms with Crippen molar-refractivity contribution in [3.8, 4) is 0 Å². The Labute approximate surface area is 167 Å². The maximum Gasteiger partial charge on any atom is 0.310 e. The van der Waals surface area contributed by atoms with Gasteiger partial charge in [0.2, 0.25) is 0 Å². The van der Waals surface area contributed by atoms with Gasteiger partial charge in [-0.05, 0) is 62.6 Å². The van der Waals surface area contributed by atoms with Crippen molar-refractivity contribution in [3.63, 3.8) is 0 Å². The van der Waals surface area contributed by atoms with Crippen LogP contribution in [0, 0.1) is 23.2 Å². The molecular formula is C23H32N2O3. The van der Waals surface area contributed by atoms with Crippen molar-refractivity contribution in [1.29, 1.82) is 0 Å². The third-order valence-electron chi connectivity index (χ3n) is 8.06. The first-order valence-electron chi connectivity index (χ1n) is 10.9. The second kappa shape index (κ2) is 6.81. The van der Waals surface area contributed by atoms with Crippen LogP contribution >= 0.6 is 0 Å². The largest absolute Gasteiger partial charge is 0.462 e. The van der Waals surface area contributed by atoms with Crippen LogP contribution < -0.4 is 0 Å². The predicted molar refractivity (Wildman–Crippen MR) is 106 cm³/mol. The van der Waals surface area contributed by atoms with Gasteiger partial charge >= 0.3 is 5.97 Å². The van der Waals surface area contributed by atoms with Crippen molar-refractivity contribution in [2.24, 2.45) is 23.2 Å². The summed E-state index contributed by atoms with van der Waals surface area (Å²) >= 11 is 0. The van der Waals surface area contributed by atoms with Crippen LogP contribution in [0.2, 0.25) is 0 Å². The summed E-state index contributed by atoms with van der Waals surface area (Å²) in [5.74, 6) is 0.960. The standard InChI is InChI=1S/C23H32N2O3/c1-22-8-5-9-23(15-27-23)20(22)12-17-18(21(26)28-19(17)13-22)14-25(2)11-7-16-6-3-4-10-24-16/h3-4,6,10,17-20H,5,7-9,11-15H2,1-2H3/t17-,18-,19+,20-,22+,23-/m0/s1. The zero-order valence-corrected chi connectivity index (χ0v) is 17.1. The number of likely N-dealkylation sites (N-methyl/N-ethyl adjacent to an activating group) is 1. The smallest absolute Gasteiger partial charge is 0.310 e. The molecule has 1 aromatic rings. The molecule has 1 spiro atoms. The van der Waals surface area contributed by atoms with Crippen molar-refractivity contribution in [3.05, 3.63) is 30.1 Å². The van der Waals surface area contributed by atoms with E-state index in [-0.39, 0.29) is 29.0 Å². The van der Waals surface area contributed by atoms with Gasteiger partial charge in [0.15, 0.2) is 0 Å². The summed E-state index contributed by atoms with van der Waals surface area (Å²) in [6, 6.07) is 6.04. The molecule has 152 valence electrons. The number of carbonyl (C=O) groups excluding carboxylic acids is 1. The summed E-state index contributed by atoms with van der Waals surface area (Å²) < 4.78 is 11.9. The molecule has 0 bridgehead atoms. The minimum atomic E-state index is 0.000934. The lowest BCUT2D eigenvalue weighted by atomic mass is 9.53. The fraction of sp³-hybridized carbons (Fsp3) is 0.739. The molecule has 0 radical (unpaired) electrons. The quantitative estimate of drug-likeness (QED) is 0.577. The topological polar surface area (TPSA) is 55.0 Å². The average molecular weight is 385 g/mol. The highest BCUT2D eigenvalue weighted by atomic mass is 16.6. The zero-order chi connectivity index (χ0) is 19.4. The summed E-state index contributed by atoms with van der Waals surface area (Å²) in [4.78, 5) is 19.4. The molecule has 6 atom stereocenters. The van der Waals surface area contributed by atoms with Crippen LogP contribution in [0.15, 0.2) is 24.4 Å². The number of carbonyl (C=O) groups is 1. The summed E-state index contributed by atoms with van der Waals surface area (Å²) in [6.07, 6.45) is 8.67. The van der Waals surface area contributed by atoms with Crippen LogP contribution in [-0.4, -0.2) is 54.3 Å². The molecule has 4 fully saturated rings. The van der Waals surface area contributed by atoms with Crippen molar-refractivity contribution in [2.45, 2.75) is 57.2 Å². The van der Waals surface area contributed by atoms with E-state index in [9.17, 15) is 4.79 Å². The van der Waals surface area contributed by atoms with Crippen LogP contribution in [0.3, 0.4) is 0 Å². The third kappa shape index (κ3) is 3.17. The van der Waals surface area contributed by atoms with Crippen molar-refractivity contribution < 1.29 is 14.3 Å². The highest BCUT2D eigenvalue weighted by Crippen LogP contribution is 2.62. The molecule has 5 nitrogen and oxygen atoms in total. The van der Waals surface area contributed by atoms with Crippen LogP contribution in [0.4, 0.5) is 0 Å². The van der Waals surface area contributed by atoms with Gasteiger partial charge in [0.05, 0.1) is 18.1 Å². The minimum absolute atomic E-state index is 0.000934. The SMILES string of the molecule is CN(CCc1ccccn1)C[C@@H]1C(=O)O[C@@H]2C[C@@]3(C)CCC[C@]4(CO4)[C@H]3C[C@@H]12. The number of epoxide rings is 1. The number of ether oxygens (including phenoxy) is 2. The lowest BCUT2D eigenvalue weighted by Gasteiger charge is -2.51. The number of nitrogens with zero attached hydrogens (tertiary/aromatic N) is 2. The molecule has 1 aromatic heterocycles. The van der Waals surface area contributed by atoms with Crippen LogP contribution in [0.5, 0.6) is 0 Å². The van der Waals surface area contributed by atoms with E-state index < -0.39 is 0 Å². The van der Waals surface area contributed by atoms with E-state index in [2.05, 4.69) is 29.9 Å². The van der Waals surface area contributed by atoms with E-state index in [1.54, 1.807) is 0 Å². The van der Waals surface area contributed by atoms with E-state index in [1.165, 1.54) is 19.3 Å². The first-order chi connectivity index (χ1) is 13.5. The lowest BCUT2D eigenvalue weighted by molar-refractivity contribution is -0.147. The maximum atomic E-state index is 12.7. The number of fused-ring (bicyclic) bond motifs is 3. The van der Waals surface area contributed by atoms with E-state index in [4.69, 9.17) is 9.47 Å². The summed E-state index contributed by atoms with van der Waals surface area (Å²) in [5.41, 5.74) is 1.50. The molecule has 4 aliphatic rings. The molecule has 5 heteroatoms. The molecule has 2 aliphatic carbocycles. The third-order valence-corrected chi connectivity index (χ3v) is 8.06. The molecule has 5 rings (SSSR count). The number of rotatable bonds is 5. The van der Waals surface area contributed by atoms with Crippen molar-refractivity contribution in [1.82, 2.24) is 9.88 Å². The molecule has 2 saturated carbocycles. The number of aromatic nitrogens is 1. The molecule has 0 unspecified atom stereocenters. The molecule has 2 aliphatic heterocycles. The van der Waals surface area contributed by atoms with Gasteiger partial charge in [0.25, 0.3) is 0 Å². The monoisotopic (exact) mass is 384 g/mol. The molecule has 0 N–H and O–H groups in total. The van der Waals surface area contributed by atoms with Gasteiger partial charge in [-0.3, -0.25) is 9.78 Å². The molecule has 28 heavy (non-hydrogen) atoms. The summed E-state index contributed by atoms with van der Waals surface area (Å²) in [5, 5.41) is 0. The fourth-order valence-electron chi connectivity index (χ4n) is 6.44. The molecule has 3 heterocycles. The Morgan fingerprint density at radius 2 is 2.18 bits per heavy atom. The number of pyridine rings is 1. The number of hydrogen-bond donors (Lipinski definition) is 0. The maximum absolute atomic E-state index is 12.7. The second-order valence-corrected chi connectivity index (χ2v) is 9.93. The highest BCUT2D eigenvalue weighted by Gasteiger charge is 2.65. The Hall–Kier alpha value is -1.46. The van der Waals surface area contributed by atoms with Gasteiger partial charge in [0.1, 0.15) is 6.10 Å². The van der Waals surface area contributed by atoms with E-state index in [0.717, 1.165) is 44.7 Å². The highest BCUT2D eigenvalue weighted by molar-refractivity contribution is 5.75. The van der Waals surface area contributed by atoms with Gasteiger partial charge in [-0.15, -0.1) is 0 Å². The van der Waals surface area contributed by atoms with E-state index in [1.807, 2.05) is 18.3 Å². The Kier molecular flexibility index (Phi) is 4.51. The van der Waals surface area contributed by atoms with Crippen LogP contribution in [0.25, 0.3) is 0 Å². The van der Waals surface area contributed by atoms with Gasteiger partial charge in [0, 0.05) is 37.3 Å². The normalized spacial score (nSPS) is 41.6. The van der Waals surface area contributed by atoms with E-state index >= 15 is 0 Å². The van der Waals surface area contributed by atoms with Crippen LogP contribution in [0.1, 0.15) is 44.7 Å². The Balaban J connectivity index is 1.25. The van der Waals surface area contributed by atoms with Gasteiger partial charge < -0.3 is 14.4 Å². The van der Waals surface area contributed by atoms with Crippen molar-refractivity contribution >= 4 is 5.97 Å². The first kappa shape index (κ1) is 18.6. The first-order valence-corrected chi connectivity index (χ1v) is 10.9. The van der Waals surface area contributed by atoms with Gasteiger partial charge in [-0.1, -0.05) is 13.0 Å². The summed E-state index contributed by atoms with van der Waals surface area (Å²) in [7, 11) is 2.11. The van der Waals surface area contributed by atoms with Crippen LogP contribution in [-0.2, 0) is 20.7 Å². The zero-order valence-electron chi connectivity index (χ0n) is 17.1. The lowest BCUT2D eigenvalue weighted by Crippen LogP contribution is -2.51. The average Bonchev–Trinajstić information content (AvgIpc) is 3.38. The van der Waals surface area contributed by atoms with Gasteiger partial charge in [-0.2, -0.15) is 0 Å². The Morgan fingerprint density at radius 1 is 1.32 bits per heavy atom.